The molecule has 0 aromatic carbocycles. The second-order valence-corrected chi connectivity index (χ2v) is 2.82. The lowest BCUT2D eigenvalue weighted by Gasteiger charge is -2.09. The van der Waals surface area contributed by atoms with E-state index in [9.17, 15) is 0 Å². The smallest absolute Gasteiger partial charge is 0.0726 e. The van der Waals surface area contributed by atoms with Gasteiger partial charge in [-0.25, -0.2) is 0 Å². The van der Waals surface area contributed by atoms with Crippen LogP contribution in [0.25, 0.3) is 0 Å². The van der Waals surface area contributed by atoms with Gasteiger partial charge >= 0.3 is 0 Å². The Balaban J connectivity index is 1.90. The molecule has 1 aromatic heterocycles. The summed E-state index contributed by atoms with van der Waals surface area (Å²) < 4.78 is 0. The largest absolute Gasteiger partial charge is 0.378 e. The van der Waals surface area contributed by atoms with Gasteiger partial charge in [0.15, 0.2) is 0 Å². The highest BCUT2D eigenvalue weighted by atomic mass is 15.1. The number of H-pyrrole nitrogens is 1. The molecule has 3 N–H and O–H groups in total. The van der Waals surface area contributed by atoms with Crippen LogP contribution in [0.1, 0.15) is 6.42 Å². The molecule has 1 atom stereocenters. The van der Waals surface area contributed by atoms with Crippen molar-refractivity contribution in [3.8, 4) is 0 Å². The Morgan fingerprint density at radius 2 is 2.64 bits per heavy atom. The van der Waals surface area contributed by atoms with Crippen molar-refractivity contribution in [3.05, 3.63) is 12.4 Å². The lowest BCUT2D eigenvalue weighted by Crippen LogP contribution is -2.21. The van der Waals surface area contributed by atoms with Crippen LogP contribution in [-0.2, 0) is 0 Å². The minimum atomic E-state index is 0.576. The first-order valence-electron chi connectivity index (χ1n) is 3.91. The van der Waals surface area contributed by atoms with Crippen molar-refractivity contribution < 1.29 is 0 Å². The Bertz CT molecular complexity index is 200. The minimum Gasteiger partial charge on any atom is -0.378 e. The van der Waals surface area contributed by atoms with Crippen molar-refractivity contribution >= 4 is 5.69 Å². The average molecular weight is 152 g/mol. The van der Waals surface area contributed by atoms with Gasteiger partial charge in [0.2, 0.25) is 0 Å². The van der Waals surface area contributed by atoms with Crippen LogP contribution in [0, 0.1) is 0 Å². The van der Waals surface area contributed by atoms with E-state index in [-0.39, 0.29) is 0 Å². The standard InChI is InChI=1S/C7H12N4/c1-2-8-3-6(1)11-7-4-9-10-5-7/h4-6,8,11H,1-3H2,(H,9,10). The maximum absolute atomic E-state index is 3.86. The van der Waals surface area contributed by atoms with Crippen molar-refractivity contribution in [3.63, 3.8) is 0 Å². The van der Waals surface area contributed by atoms with E-state index in [1.54, 1.807) is 6.20 Å². The molecule has 2 heterocycles. The summed E-state index contributed by atoms with van der Waals surface area (Å²) in [7, 11) is 0. The molecule has 1 saturated heterocycles. The highest BCUT2D eigenvalue weighted by Crippen LogP contribution is 2.07. The zero-order valence-electron chi connectivity index (χ0n) is 6.30. The van der Waals surface area contributed by atoms with Crippen LogP contribution in [0.4, 0.5) is 5.69 Å². The van der Waals surface area contributed by atoms with Crippen molar-refractivity contribution in [1.82, 2.24) is 15.5 Å². The minimum absolute atomic E-state index is 0.576. The Morgan fingerprint density at radius 3 is 3.27 bits per heavy atom. The van der Waals surface area contributed by atoms with E-state index in [0.717, 1.165) is 18.8 Å². The fraction of sp³-hybridized carbons (Fsp3) is 0.571. The zero-order valence-corrected chi connectivity index (χ0v) is 6.30. The van der Waals surface area contributed by atoms with Crippen molar-refractivity contribution in [2.75, 3.05) is 18.4 Å². The van der Waals surface area contributed by atoms with Gasteiger partial charge in [0.05, 0.1) is 11.9 Å². The predicted molar refractivity (Wildman–Crippen MR) is 43.5 cm³/mol. The Hall–Kier alpha value is -1.03. The first-order valence-corrected chi connectivity index (χ1v) is 3.91. The lowest BCUT2D eigenvalue weighted by molar-refractivity contribution is 0.793. The molecule has 0 radical (unpaired) electrons. The van der Waals surface area contributed by atoms with E-state index in [0.29, 0.717) is 6.04 Å². The normalized spacial score (nSPS) is 23.8. The van der Waals surface area contributed by atoms with E-state index in [1.165, 1.54) is 6.42 Å². The van der Waals surface area contributed by atoms with Gasteiger partial charge in [0.1, 0.15) is 0 Å². The van der Waals surface area contributed by atoms with E-state index >= 15 is 0 Å². The van der Waals surface area contributed by atoms with Crippen LogP contribution >= 0.6 is 0 Å². The Labute approximate surface area is 65.4 Å². The summed E-state index contributed by atoms with van der Waals surface area (Å²) in [5, 5.41) is 13.3. The molecule has 0 bridgehead atoms. The SMILES string of the molecule is c1n[nH]cc1NC1CCNC1. The molecule has 1 aromatic rings. The van der Waals surface area contributed by atoms with Gasteiger partial charge in [-0.05, 0) is 13.0 Å². The fourth-order valence-corrected chi connectivity index (χ4v) is 1.34. The monoisotopic (exact) mass is 152 g/mol. The number of anilines is 1. The molecule has 1 unspecified atom stereocenters. The summed E-state index contributed by atoms with van der Waals surface area (Å²) >= 11 is 0. The first kappa shape index (κ1) is 6.67. The van der Waals surface area contributed by atoms with Gasteiger partial charge in [-0.2, -0.15) is 5.10 Å². The molecule has 4 nitrogen and oxygen atoms in total. The highest BCUT2D eigenvalue weighted by Gasteiger charge is 2.13. The lowest BCUT2D eigenvalue weighted by atomic mass is 10.2. The van der Waals surface area contributed by atoms with Gasteiger partial charge in [-0.15, -0.1) is 0 Å². The summed E-state index contributed by atoms with van der Waals surface area (Å²) in [6.07, 6.45) is 4.88. The van der Waals surface area contributed by atoms with Crippen molar-refractivity contribution in [1.29, 1.82) is 0 Å². The molecule has 60 valence electrons. The van der Waals surface area contributed by atoms with Gasteiger partial charge in [-0.3, -0.25) is 5.10 Å². The molecular weight excluding hydrogens is 140 g/mol. The highest BCUT2D eigenvalue weighted by molar-refractivity contribution is 5.39. The molecule has 4 heteroatoms. The van der Waals surface area contributed by atoms with Crippen LogP contribution in [0.5, 0.6) is 0 Å². The van der Waals surface area contributed by atoms with Gasteiger partial charge in [0.25, 0.3) is 0 Å². The first-order chi connectivity index (χ1) is 5.45. The quantitative estimate of drug-likeness (QED) is 0.566. The second kappa shape index (κ2) is 2.92. The molecule has 0 saturated carbocycles. The summed E-state index contributed by atoms with van der Waals surface area (Å²) in [6, 6.07) is 0.576. The number of aromatic amines is 1. The van der Waals surface area contributed by atoms with Crippen LogP contribution in [-0.4, -0.2) is 29.3 Å². The Morgan fingerprint density at radius 1 is 1.64 bits per heavy atom. The molecule has 0 amide bonds. The summed E-state index contributed by atoms with van der Waals surface area (Å²) in [5.74, 6) is 0. The molecular formula is C7H12N4. The summed E-state index contributed by atoms with van der Waals surface area (Å²) in [4.78, 5) is 0. The van der Waals surface area contributed by atoms with Gasteiger partial charge < -0.3 is 10.6 Å². The molecule has 11 heavy (non-hydrogen) atoms. The molecule has 1 aliphatic heterocycles. The number of rotatable bonds is 2. The van der Waals surface area contributed by atoms with Crippen molar-refractivity contribution in [2.24, 2.45) is 0 Å². The van der Waals surface area contributed by atoms with E-state index in [4.69, 9.17) is 0 Å². The number of hydrogen-bond acceptors (Lipinski definition) is 3. The fourth-order valence-electron chi connectivity index (χ4n) is 1.34. The third kappa shape index (κ3) is 1.51. The number of nitrogens with one attached hydrogen (secondary N) is 3. The molecule has 0 aliphatic carbocycles. The second-order valence-electron chi connectivity index (χ2n) is 2.82. The number of hydrogen-bond donors (Lipinski definition) is 3. The maximum atomic E-state index is 3.86. The Kier molecular flexibility index (Phi) is 1.77. The molecule has 2 rings (SSSR count). The van der Waals surface area contributed by atoms with Crippen LogP contribution in [0.15, 0.2) is 12.4 Å². The van der Waals surface area contributed by atoms with Crippen LogP contribution in [0.2, 0.25) is 0 Å². The van der Waals surface area contributed by atoms with Gasteiger partial charge in [0, 0.05) is 18.8 Å². The van der Waals surface area contributed by atoms with Crippen LogP contribution < -0.4 is 10.6 Å². The number of nitrogens with zero attached hydrogens (tertiary/aromatic N) is 1. The van der Waals surface area contributed by atoms with Crippen LogP contribution in [0.3, 0.4) is 0 Å². The van der Waals surface area contributed by atoms with Gasteiger partial charge in [-0.1, -0.05) is 0 Å². The third-order valence-electron chi connectivity index (χ3n) is 1.93. The topological polar surface area (TPSA) is 52.7 Å². The number of aromatic nitrogens is 2. The van der Waals surface area contributed by atoms with Crippen molar-refractivity contribution in [2.45, 2.75) is 12.5 Å². The molecule has 1 fully saturated rings. The zero-order chi connectivity index (χ0) is 7.52. The molecule has 0 spiro atoms. The third-order valence-corrected chi connectivity index (χ3v) is 1.93. The summed E-state index contributed by atoms with van der Waals surface area (Å²) in [6.45, 7) is 2.18. The van der Waals surface area contributed by atoms with E-state index in [2.05, 4.69) is 20.8 Å². The molecule has 1 aliphatic rings. The van der Waals surface area contributed by atoms with E-state index in [1.807, 2.05) is 6.20 Å². The predicted octanol–water partition coefficient (Wildman–Crippen LogP) is 0.183. The maximum Gasteiger partial charge on any atom is 0.0726 e. The average Bonchev–Trinajstić information content (AvgIpc) is 2.60. The van der Waals surface area contributed by atoms with E-state index < -0.39 is 0 Å². The summed E-state index contributed by atoms with van der Waals surface area (Å²) in [5.41, 5.74) is 1.08.